The molecule has 0 bridgehead atoms. The molecular formula is C14H18F3NO. The van der Waals surface area contributed by atoms with Gasteiger partial charge in [-0.05, 0) is 43.4 Å². The van der Waals surface area contributed by atoms with Crippen LogP contribution in [0.5, 0.6) is 5.75 Å². The average Bonchev–Trinajstić information content (AvgIpc) is 2.22. The fourth-order valence-electron chi connectivity index (χ4n) is 2.24. The van der Waals surface area contributed by atoms with E-state index in [1.54, 1.807) is 12.1 Å². The van der Waals surface area contributed by atoms with Crippen LogP contribution in [0.1, 0.15) is 31.7 Å². The molecular weight excluding hydrogens is 255 g/mol. The van der Waals surface area contributed by atoms with Crippen molar-refractivity contribution in [2.45, 2.75) is 45.1 Å². The van der Waals surface area contributed by atoms with Gasteiger partial charge in [0.15, 0.2) is 0 Å². The zero-order valence-electron chi connectivity index (χ0n) is 10.8. The molecule has 0 saturated heterocycles. The average molecular weight is 273 g/mol. The highest BCUT2D eigenvalue weighted by Gasteiger charge is 2.31. The predicted molar refractivity (Wildman–Crippen MR) is 66.8 cm³/mol. The Morgan fingerprint density at radius 3 is 2.68 bits per heavy atom. The molecule has 0 aromatic heterocycles. The molecule has 106 valence electrons. The Labute approximate surface area is 111 Å². The van der Waals surface area contributed by atoms with E-state index in [0.29, 0.717) is 18.5 Å². The van der Waals surface area contributed by atoms with Crippen molar-refractivity contribution in [2.24, 2.45) is 5.92 Å². The number of nitrogens with one attached hydrogen (secondary N) is 1. The maximum absolute atomic E-state index is 12.1. The molecule has 1 aromatic rings. The van der Waals surface area contributed by atoms with Crippen molar-refractivity contribution >= 4 is 0 Å². The van der Waals surface area contributed by atoms with E-state index in [2.05, 4.69) is 17.0 Å². The summed E-state index contributed by atoms with van der Waals surface area (Å²) < 4.78 is 40.2. The second-order valence-corrected chi connectivity index (χ2v) is 5.06. The summed E-state index contributed by atoms with van der Waals surface area (Å²) in [6.45, 7) is 2.69. The molecule has 1 unspecified atom stereocenters. The molecule has 1 aliphatic rings. The normalized spacial score (nSPS) is 17.9. The standard InChI is InChI=1S/C14H18F3NO/c1-10(12-5-3-6-12)18-9-11-4-2-7-13(8-11)19-14(15,16)17/h2,4,7-8,10,12,18H,3,5-6,9H2,1H3. The van der Waals surface area contributed by atoms with Gasteiger partial charge in [-0.15, -0.1) is 13.2 Å². The van der Waals surface area contributed by atoms with Crippen LogP contribution in [0.15, 0.2) is 24.3 Å². The van der Waals surface area contributed by atoms with Crippen LogP contribution < -0.4 is 10.1 Å². The van der Waals surface area contributed by atoms with Gasteiger partial charge in [-0.1, -0.05) is 18.6 Å². The van der Waals surface area contributed by atoms with E-state index in [0.717, 1.165) is 5.56 Å². The molecule has 0 heterocycles. The lowest BCUT2D eigenvalue weighted by Crippen LogP contribution is -2.36. The van der Waals surface area contributed by atoms with Crippen LogP contribution in [0.4, 0.5) is 13.2 Å². The molecule has 2 rings (SSSR count). The topological polar surface area (TPSA) is 21.3 Å². The molecule has 1 atom stereocenters. The SMILES string of the molecule is CC(NCc1cccc(OC(F)(F)F)c1)C1CCC1. The molecule has 2 nitrogen and oxygen atoms in total. The highest BCUT2D eigenvalue weighted by Crippen LogP contribution is 2.29. The van der Waals surface area contributed by atoms with Gasteiger partial charge < -0.3 is 10.1 Å². The van der Waals surface area contributed by atoms with Crippen molar-refractivity contribution in [2.75, 3.05) is 0 Å². The van der Waals surface area contributed by atoms with Gasteiger partial charge in [-0.3, -0.25) is 0 Å². The minimum Gasteiger partial charge on any atom is -0.406 e. The van der Waals surface area contributed by atoms with Gasteiger partial charge in [-0.25, -0.2) is 0 Å². The molecule has 1 saturated carbocycles. The number of ether oxygens (including phenoxy) is 1. The summed E-state index contributed by atoms with van der Waals surface area (Å²) in [4.78, 5) is 0. The van der Waals surface area contributed by atoms with Gasteiger partial charge in [0, 0.05) is 12.6 Å². The van der Waals surface area contributed by atoms with Crippen molar-refractivity contribution in [3.63, 3.8) is 0 Å². The monoisotopic (exact) mass is 273 g/mol. The molecule has 0 amide bonds. The van der Waals surface area contributed by atoms with Gasteiger partial charge in [0.2, 0.25) is 0 Å². The molecule has 1 aromatic carbocycles. The second-order valence-electron chi connectivity index (χ2n) is 5.06. The Morgan fingerprint density at radius 1 is 1.37 bits per heavy atom. The minimum atomic E-state index is -4.63. The van der Waals surface area contributed by atoms with Crippen LogP contribution in [0.25, 0.3) is 0 Å². The fraction of sp³-hybridized carbons (Fsp3) is 0.571. The van der Waals surface area contributed by atoms with E-state index in [1.807, 2.05) is 0 Å². The second kappa shape index (κ2) is 5.82. The number of benzene rings is 1. The summed E-state index contributed by atoms with van der Waals surface area (Å²) in [5, 5.41) is 3.35. The Bertz CT molecular complexity index is 415. The maximum atomic E-state index is 12.1. The number of rotatable bonds is 5. The Kier molecular flexibility index (Phi) is 4.34. The Hall–Kier alpha value is -1.23. The quantitative estimate of drug-likeness (QED) is 0.879. The van der Waals surface area contributed by atoms with E-state index in [4.69, 9.17) is 0 Å². The van der Waals surface area contributed by atoms with Crippen LogP contribution in [-0.2, 0) is 6.54 Å². The van der Waals surface area contributed by atoms with Crippen LogP contribution in [0, 0.1) is 5.92 Å². The first kappa shape index (κ1) is 14.2. The fourth-order valence-corrected chi connectivity index (χ4v) is 2.24. The van der Waals surface area contributed by atoms with E-state index < -0.39 is 6.36 Å². The highest BCUT2D eigenvalue weighted by molar-refractivity contribution is 5.28. The summed E-state index contributed by atoms with van der Waals surface area (Å²) in [6, 6.07) is 6.51. The first-order chi connectivity index (χ1) is 8.94. The van der Waals surface area contributed by atoms with Gasteiger partial charge in [-0.2, -0.15) is 0 Å². The van der Waals surface area contributed by atoms with Gasteiger partial charge in [0.1, 0.15) is 5.75 Å². The molecule has 1 fully saturated rings. The van der Waals surface area contributed by atoms with Crippen LogP contribution >= 0.6 is 0 Å². The Morgan fingerprint density at radius 2 is 2.11 bits per heavy atom. The third-order valence-electron chi connectivity index (χ3n) is 3.62. The minimum absolute atomic E-state index is 0.164. The van der Waals surface area contributed by atoms with Crippen molar-refractivity contribution in [3.05, 3.63) is 29.8 Å². The maximum Gasteiger partial charge on any atom is 0.573 e. The predicted octanol–water partition coefficient (Wildman–Crippen LogP) is 3.86. The molecule has 0 spiro atoms. The van der Waals surface area contributed by atoms with Crippen molar-refractivity contribution < 1.29 is 17.9 Å². The summed E-state index contributed by atoms with van der Waals surface area (Å²) >= 11 is 0. The molecule has 1 aliphatic carbocycles. The molecule has 0 radical (unpaired) electrons. The van der Waals surface area contributed by atoms with E-state index in [-0.39, 0.29) is 5.75 Å². The van der Waals surface area contributed by atoms with Crippen molar-refractivity contribution in [1.82, 2.24) is 5.32 Å². The first-order valence-corrected chi connectivity index (χ1v) is 6.52. The van der Waals surface area contributed by atoms with E-state index in [9.17, 15) is 13.2 Å². The lowest BCUT2D eigenvalue weighted by atomic mass is 9.80. The lowest BCUT2D eigenvalue weighted by Gasteiger charge is -2.32. The van der Waals surface area contributed by atoms with Gasteiger partial charge in [0.05, 0.1) is 0 Å². The van der Waals surface area contributed by atoms with Gasteiger partial charge in [0.25, 0.3) is 0 Å². The van der Waals surface area contributed by atoms with Crippen molar-refractivity contribution in [3.8, 4) is 5.75 Å². The molecule has 1 N–H and O–H groups in total. The first-order valence-electron chi connectivity index (χ1n) is 6.52. The smallest absolute Gasteiger partial charge is 0.406 e. The number of hydrogen-bond acceptors (Lipinski definition) is 2. The summed E-state index contributed by atoms with van der Waals surface area (Å²) in [7, 11) is 0. The van der Waals surface area contributed by atoms with Gasteiger partial charge >= 0.3 is 6.36 Å². The van der Waals surface area contributed by atoms with E-state index >= 15 is 0 Å². The van der Waals surface area contributed by atoms with Crippen LogP contribution in [0.3, 0.4) is 0 Å². The van der Waals surface area contributed by atoms with E-state index in [1.165, 1.54) is 31.4 Å². The zero-order chi connectivity index (χ0) is 13.9. The third kappa shape index (κ3) is 4.42. The lowest BCUT2D eigenvalue weighted by molar-refractivity contribution is -0.274. The van der Waals surface area contributed by atoms with Crippen LogP contribution in [0.2, 0.25) is 0 Å². The number of halogens is 3. The zero-order valence-corrected chi connectivity index (χ0v) is 10.8. The molecule has 5 heteroatoms. The molecule has 0 aliphatic heterocycles. The summed E-state index contributed by atoms with van der Waals surface area (Å²) in [5.74, 6) is 0.540. The summed E-state index contributed by atoms with van der Waals surface area (Å²) in [6.07, 6.45) is -0.867. The Balaban J connectivity index is 1.87. The van der Waals surface area contributed by atoms with Crippen molar-refractivity contribution in [1.29, 1.82) is 0 Å². The summed E-state index contributed by atoms with van der Waals surface area (Å²) in [5.41, 5.74) is 0.799. The largest absolute Gasteiger partial charge is 0.573 e. The van der Waals surface area contributed by atoms with Crippen LogP contribution in [-0.4, -0.2) is 12.4 Å². The highest BCUT2D eigenvalue weighted by atomic mass is 19.4. The number of alkyl halides is 3. The molecule has 19 heavy (non-hydrogen) atoms. The number of hydrogen-bond donors (Lipinski definition) is 1. The third-order valence-corrected chi connectivity index (χ3v) is 3.62.